The standard InChI is InChI=1S/C15H13ClN2O2S/c1-20-13-8-9(14(17)21)5-6-12(13)18-15(19)10-3-2-4-11(16)7-10/h2-8H,1H3,(H2,17,21)(H,18,19). The first-order chi connectivity index (χ1) is 10.0. The van der Waals surface area contributed by atoms with Gasteiger partial charge in [0.1, 0.15) is 10.7 Å². The van der Waals surface area contributed by atoms with E-state index < -0.39 is 0 Å². The summed E-state index contributed by atoms with van der Waals surface area (Å²) in [7, 11) is 1.51. The van der Waals surface area contributed by atoms with Crippen molar-refractivity contribution in [3.05, 3.63) is 58.6 Å². The zero-order chi connectivity index (χ0) is 15.4. The largest absolute Gasteiger partial charge is 0.495 e. The van der Waals surface area contributed by atoms with Crippen molar-refractivity contribution in [2.75, 3.05) is 12.4 Å². The zero-order valence-corrected chi connectivity index (χ0v) is 12.8. The Hall–Kier alpha value is -2.11. The Labute approximate surface area is 132 Å². The molecule has 0 aromatic heterocycles. The third-order valence-corrected chi connectivity index (χ3v) is 3.29. The van der Waals surface area contributed by atoms with Gasteiger partial charge in [0.15, 0.2) is 0 Å². The molecule has 108 valence electrons. The van der Waals surface area contributed by atoms with E-state index in [1.807, 2.05) is 0 Å². The summed E-state index contributed by atoms with van der Waals surface area (Å²) < 4.78 is 5.24. The van der Waals surface area contributed by atoms with Gasteiger partial charge in [0.2, 0.25) is 0 Å². The Morgan fingerprint density at radius 3 is 2.62 bits per heavy atom. The van der Waals surface area contributed by atoms with Crippen LogP contribution < -0.4 is 15.8 Å². The van der Waals surface area contributed by atoms with E-state index in [4.69, 9.17) is 34.3 Å². The number of ether oxygens (including phenoxy) is 1. The number of thiocarbonyl (C=S) groups is 1. The quantitative estimate of drug-likeness (QED) is 0.849. The third kappa shape index (κ3) is 3.71. The number of hydrogen-bond acceptors (Lipinski definition) is 3. The summed E-state index contributed by atoms with van der Waals surface area (Å²) in [5.41, 5.74) is 7.23. The second-order valence-corrected chi connectivity index (χ2v) is 5.12. The number of anilines is 1. The molecule has 0 unspecified atom stereocenters. The lowest BCUT2D eigenvalue weighted by molar-refractivity contribution is 0.102. The molecule has 1 amide bonds. The topological polar surface area (TPSA) is 64.3 Å². The predicted octanol–water partition coefficient (Wildman–Crippen LogP) is 3.24. The molecule has 21 heavy (non-hydrogen) atoms. The van der Waals surface area contributed by atoms with Crippen molar-refractivity contribution in [1.82, 2.24) is 0 Å². The number of carbonyl (C=O) groups is 1. The van der Waals surface area contributed by atoms with E-state index in [2.05, 4.69) is 5.32 Å². The van der Waals surface area contributed by atoms with Crippen molar-refractivity contribution >= 4 is 40.4 Å². The fraction of sp³-hybridized carbons (Fsp3) is 0.0667. The van der Waals surface area contributed by atoms with Crippen LogP contribution in [0.25, 0.3) is 0 Å². The first-order valence-corrected chi connectivity index (χ1v) is 6.84. The molecule has 0 atom stereocenters. The molecule has 0 heterocycles. The minimum atomic E-state index is -0.279. The molecule has 0 aliphatic heterocycles. The highest BCUT2D eigenvalue weighted by Crippen LogP contribution is 2.26. The molecule has 2 aromatic carbocycles. The molecular formula is C15H13ClN2O2S. The van der Waals surface area contributed by atoms with Crippen molar-refractivity contribution < 1.29 is 9.53 Å². The minimum Gasteiger partial charge on any atom is -0.495 e. The van der Waals surface area contributed by atoms with Crippen molar-refractivity contribution in [2.24, 2.45) is 5.73 Å². The first-order valence-electron chi connectivity index (χ1n) is 6.06. The van der Waals surface area contributed by atoms with Gasteiger partial charge in [0.05, 0.1) is 12.8 Å². The van der Waals surface area contributed by atoms with Crippen LogP contribution in [0.15, 0.2) is 42.5 Å². The molecule has 0 fully saturated rings. The molecule has 0 bridgehead atoms. The van der Waals surface area contributed by atoms with Crippen molar-refractivity contribution in [2.45, 2.75) is 0 Å². The lowest BCUT2D eigenvalue weighted by atomic mass is 10.1. The van der Waals surface area contributed by atoms with Crippen LogP contribution in [-0.2, 0) is 0 Å². The Bertz CT molecular complexity index is 704. The molecule has 0 saturated heterocycles. The molecule has 2 rings (SSSR count). The number of methoxy groups -OCH3 is 1. The Morgan fingerprint density at radius 1 is 1.24 bits per heavy atom. The Balaban J connectivity index is 2.27. The van der Waals surface area contributed by atoms with E-state index in [1.165, 1.54) is 7.11 Å². The fourth-order valence-corrected chi connectivity index (χ4v) is 2.09. The highest BCUT2D eigenvalue weighted by atomic mass is 35.5. The van der Waals surface area contributed by atoms with Crippen LogP contribution in [0.5, 0.6) is 5.75 Å². The highest BCUT2D eigenvalue weighted by Gasteiger charge is 2.11. The number of nitrogens with one attached hydrogen (secondary N) is 1. The summed E-state index contributed by atoms with van der Waals surface area (Å²) in [5.74, 6) is 0.203. The number of benzene rings is 2. The molecule has 0 aliphatic rings. The zero-order valence-electron chi connectivity index (χ0n) is 11.2. The normalized spacial score (nSPS) is 10.0. The van der Waals surface area contributed by atoms with E-state index in [-0.39, 0.29) is 10.9 Å². The summed E-state index contributed by atoms with van der Waals surface area (Å²) in [4.78, 5) is 12.4. The second-order valence-electron chi connectivity index (χ2n) is 4.24. The molecule has 3 N–H and O–H groups in total. The predicted molar refractivity (Wildman–Crippen MR) is 88.3 cm³/mol. The molecule has 0 spiro atoms. The van der Waals surface area contributed by atoms with Crippen LogP contribution in [0.2, 0.25) is 5.02 Å². The van der Waals surface area contributed by atoms with Gasteiger partial charge in [-0.05, 0) is 36.4 Å². The number of halogens is 1. The first kappa shape index (κ1) is 15.3. The summed E-state index contributed by atoms with van der Waals surface area (Å²) >= 11 is 10.8. The maximum atomic E-state index is 12.2. The molecule has 0 aliphatic carbocycles. The number of amides is 1. The second kappa shape index (κ2) is 6.56. The number of carbonyl (C=O) groups excluding carboxylic acids is 1. The Kier molecular flexibility index (Phi) is 4.77. The van der Waals surface area contributed by atoms with Crippen molar-refractivity contribution in [3.63, 3.8) is 0 Å². The fourth-order valence-electron chi connectivity index (χ4n) is 1.77. The third-order valence-electron chi connectivity index (χ3n) is 2.82. The van der Waals surface area contributed by atoms with Crippen molar-refractivity contribution in [3.8, 4) is 5.75 Å². The van der Waals surface area contributed by atoms with Gasteiger partial charge in [0, 0.05) is 16.1 Å². The number of nitrogens with two attached hydrogens (primary N) is 1. The van der Waals surface area contributed by atoms with Crippen LogP contribution >= 0.6 is 23.8 Å². The van der Waals surface area contributed by atoms with E-state index in [0.29, 0.717) is 27.6 Å². The van der Waals surface area contributed by atoms with E-state index in [0.717, 1.165) is 0 Å². The van der Waals surface area contributed by atoms with Crippen molar-refractivity contribution in [1.29, 1.82) is 0 Å². The Morgan fingerprint density at radius 2 is 2.00 bits per heavy atom. The van der Waals surface area contributed by atoms with Gasteiger partial charge in [-0.1, -0.05) is 29.9 Å². The number of rotatable bonds is 4. The maximum Gasteiger partial charge on any atom is 0.255 e. The lowest BCUT2D eigenvalue weighted by Gasteiger charge is -2.11. The highest BCUT2D eigenvalue weighted by molar-refractivity contribution is 7.80. The van der Waals surface area contributed by atoms with Gasteiger partial charge < -0.3 is 15.8 Å². The summed E-state index contributed by atoms with van der Waals surface area (Å²) in [6.45, 7) is 0. The average Bonchev–Trinajstić information content (AvgIpc) is 2.47. The van der Waals surface area contributed by atoms with Crippen LogP contribution in [0.4, 0.5) is 5.69 Å². The smallest absolute Gasteiger partial charge is 0.255 e. The average molecular weight is 321 g/mol. The molecule has 2 aromatic rings. The summed E-state index contributed by atoms with van der Waals surface area (Å²) in [6.07, 6.45) is 0. The van der Waals surface area contributed by atoms with Crippen LogP contribution in [0, 0.1) is 0 Å². The monoisotopic (exact) mass is 320 g/mol. The minimum absolute atomic E-state index is 0.265. The van der Waals surface area contributed by atoms with Gasteiger partial charge >= 0.3 is 0 Å². The SMILES string of the molecule is COc1cc(C(N)=S)ccc1NC(=O)c1cccc(Cl)c1. The van der Waals surface area contributed by atoms with Gasteiger partial charge in [-0.3, -0.25) is 4.79 Å². The van der Waals surface area contributed by atoms with E-state index >= 15 is 0 Å². The van der Waals surface area contributed by atoms with Crippen LogP contribution in [0.3, 0.4) is 0 Å². The van der Waals surface area contributed by atoms with E-state index in [1.54, 1.807) is 42.5 Å². The van der Waals surface area contributed by atoms with Gasteiger partial charge in [-0.15, -0.1) is 0 Å². The van der Waals surface area contributed by atoms with Crippen LogP contribution in [0.1, 0.15) is 15.9 Å². The molecule has 6 heteroatoms. The molecule has 0 saturated carbocycles. The lowest BCUT2D eigenvalue weighted by Crippen LogP contribution is -2.14. The number of hydrogen-bond donors (Lipinski definition) is 2. The summed E-state index contributed by atoms with van der Waals surface area (Å²) in [5, 5.41) is 3.26. The maximum absolute atomic E-state index is 12.2. The molecule has 4 nitrogen and oxygen atoms in total. The van der Waals surface area contributed by atoms with Gasteiger partial charge in [0.25, 0.3) is 5.91 Å². The van der Waals surface area contributed by atoms with Gasteiger partial charge in [-0.2, -0.15) is 0 Å². The summed E-state index contributed by atoms with van der Waals surface area (Å²) in [6, 6.07) is 11.8. The molecule has 0 radical (unpaired) electrons. The van der Waals surface area contributed by atoms with Crippen LogP contribution in [-0.4, -0.2) is 18.0 Å². The van der Waals surface area contributed by atoms with E-state index in [9.17, 15) is 4.79 Å². The van der Waals surface area contributed by atoms with Gasteiger partial charge in [-0.25, -0.2) is 0 Å². The molecular weight excluding hydrogens is 308 g/mol.